The van der Waals surface area contributed by atoms with E-state index in [2.05, 4.69) is 32.3 Å². The summed E-state index contributed by atoms with van der Waals surface area (Å²) in [6.45, 7) is 1.97. The van der Waals surface area contributed by atoms with Crippen molar-refractivity contribution in [2.45, 2.75) is 16.7 Å². The number of hydrogen-bond donors (Lipinski definition) is 4. The van der Waals surface area contributed by atoms with Crippen LogP contribution in [0.25, 0.3) is 21.2 Å². The van der Waals surface area contributed by atoms with Crippen molar-refractivity contribution in [1.29, 1.82) is 0 Å². The number of thiol groups is 1. The Hall–Kier alpha value is -3.07. The van der Waals surface area contributed by atoms with Crippen LogP contribution in [-0.4, -0.2) is 5.11 Å². The zero-order valence-corrected chi connectivity index (χ0v) is 15.9. The average molecular weight is 397 g/mol. The van der Waals surface area contributed by atoms with Crippen LogP contribution in [0.15, 0.2) is 60.9 Å². The molecule has 8 nitrogen and oxygen atoms in total. The number of phenolic OH excluding ortho intramolecular Hbond substituents is 1. The minimum Gasteiger partial charge on any atom is -0.505 e. The lowest BCUT2D eigenvalue weighted by Crippen LogP contribution is -1.97. The number of aromatic hydroxyl groups is 1. The van der Waals surface area contributed by atoms with Crippen molar-refractivity contribution in [1.82, 2.24) is 0 Å². The minimum absolute atomic E-state index is 0.137. The third-order valence-corrected chi connectivity index (χ3v) is 4.91. The first kappa shape index (κ1) is 18.7. The van der Waals surface area contributed by atoms with Gasteiger partial charge < -0.3 is 16.6 Å². The first-order valence-electron chi connectivity index (χ1n) is 7.68. The van der Waals surface area contributed by atoms with E-state index in [1.807, 2.05) is 19.1 Å². The second-order valence-electron chi connectivity index (χ2n) is 5.69. The molecule has 0 bridgehead atoms. The van der Waals surface area contributed by atoms with E-state index in [-0.39, 0.29) is 22.8 Å². The maximum Gasteiger partial charge on any atom is 0.154 e. The normalized spacial score (nSPS) is 11.0. The lowest BCUT2D eigenvalue weighted by Gasteiger charge is -2.13. The molecule has 27 heavy (non-hydrogen) atoms. The van der Waals surface area contributed by atoms with Crippen LogP contribution in [0.2, 0.25) is 0 Å². The molecule has 5 N–H and O–H groups in total. The molecular weight excluding hydrogens is 382 g/mol. The van der Waals surface area contributed by atoms with E-state index in [4.69, 9.17) is 17.0 Å². The number of hydrogen-bond acceptors (Lipinski definition) is 8. The second kappa shape index (κ2) is 7.67. The van der Waals surface area contributed by atoms with Gasteiger partial charge in [-0.05, 0) is 58.6 Å². The molecule has 3 aromatic carbocycles. The number of nitrogen functional groups attached to an aromatic ring is 2. The summed E-state index contributed by atoms with van der Waals surface area (Å²) in [6.07, 6.45) is 0. The van der Waals surface area contributed by atoms with E-state index in [9.17, 15) is 5.11 Å². The molecule has 0 unspecified atom stereocenters. The van der Waals surface area contributed by atoms with E-state index in [1.165, 1.54) is 0 Å². The topological polar surface area (TPSA) is 146 Å². The lowest BCUT2D eigenvalue weighted by atomic mass is 10.1. The van der Waals surface area contributed by atoms with Gasteiger partial charge in [0.15, 0.2) is 5.75 Å². The third-order valence-electron chi connectivity index (χ3n) is 3.87. The van der Waals surface area contributed by atoms with Crippen LogP contribution in [0, 0.1) is 6.92 Å². The lowest BCUT2D eigenvalue weighted by molar-refractivity contribution is 0.481. The molecule has 0 fully saturated rings. The van der Waals surface area contributed by atoms with Crippen LogP contribution in [0.1, 0.15) is 5.56 Å². The van der Waals surface area contributed by atoms with E-state index in [1.54, 1.807) is 24.3 Å². The Morgan fingerprint density at radius 2 is 1.81 bits per heavy atom. The number of nitrogens with zero attached hydrogens (tertiary/aromatic N) is 5. The summed E-state index contributed by atoms with van der Waals surface area (Å²) in [6, 6.07) is 10.8. The van der Waals surface area contributed by atoms with Crippen LogP contribution in [0.3, 0.4) is 0 Å². The van der Waals surface area contributed by atoms with Gasteiger partial charge >= 0.3 is 0 Å². The molecule has 0 saturated heterocycles. The average Bonchev–Trinajstić information content (AvgIpc) is 2.65. The molecule has 0 aliphatic rings. The first-order chi connectivity index (χ1) is 12.9. The highest BCUT2D eigenvalue weighted by atomic mass is 32.2. The standard InChI is InChI=1S/C17H15N7OS2/c1-8-2-4-10(5-3-8)21-22-16-12(27-24-23-20)7-9-6-11(26)14(18)15(19)13(9)17(16)25/h2-7,25-26H,18-19H2,1H3. The van der Waals surface area contributed by atoms with Crippen molar-refractivity contribution in [2.75, 3.05) is 11.5 Å². The van der Waals surface area contributed by atoms with Crippen molar-refractivity contribution in [3.05, 3.63) is 52.4 Å². The van der Waals surface area contributed by atoms with Crippen LogP contribution >= 0.6 is 24.6 Å². The number of nitrogens with two attached hydrogens (primary N) is 2. The Kier molecular flexibility index (Phi) is 5.31. The van der Waals surface area contributed by atoms with Crippen LogP contribution in [0.5, 0.6) is 5.75 Å². The molecule has 0 amide bonds. The molecule has 0 spiro atoms. The maximum absolute atomic E-state index is 10.8. The number of phenols is 1. The molecule has 0 radical (unpaired) electrons. The number of aryl methyl sites for hydroxylation is 1. The zero-order chi connectivity index (χ0) is 19.6. The van der Waals surface area contributed by atoms with Crippen molar-refractivity contribution < 1.29 is 5.11 Å². The first-order valence-corrected chi connectivity index (χ1v) is 8.91. The maximum atomic E-state index is 10.8. The molecule has 3 aromatic rings. The predicted octanol–water partition coefficient (Wildman–Crippen LogP) is 6.04. The number of azo groups is 1. The number of benzene rings is 3. The van der Waals surface area contributed by atoms with Gasteiger partial charge in [0.1, 0.15) is 5.69 Å². The van der Waals surface area contributed by atoms with Crippen molar-refractivity contribution in [2.24, 2.45) is 14.7 Å². The molecule has 0 heterocycles. The Bertz CT molecular complexity index is 1110. The number of anilines is 2. The Morgan fingerprint density at radius 3 is 2.48 bits per heavy atom. The Balaban J connectivity index is 2.23. The Morgan fingerprint density at radius 1 is 1.11 bits per heavy atom. The van der Waals surface area contributed by atoms with Crippen molar-refractivity contribution in [3.63, 3.8) is 0 Å². The molecule has 10 heteroatoms. The van der Waals surface area contributed by atoms with Gasteiger partial charge in [-0.2, -0.15) is 5.11 Å². The summed E-state index contributed by atoms with van der Waals surface area (Å²) < 4.78 is 3.49. The summed E-state index contributed by atoms with van der Waals surface area (Å²) >= 11 is 5.12. The fourth-order valence-electron chi connectivity index (χ4n) is 2.50. The molecular formula is C17H15N7OS2. The Labute approximate surface area is 164 Å². The number of fused-ring (bicyclic) bond motifs is 1. The fraction of sp³-hybridized carbons (Fsp3) is 0.0588. The van der Waals surface area contributed by atoms with Gasteiger partial charge in [0.25, 0.3) is 0 Å². The zero-order valence-electron chi connectivity index (χ0n) is 14.2. The number of azide groups is 1. The SMILES string of the molecule is Cc1ccc(N=Nc2c(SN=[N+]=[N-])cc3cc(S)c(N)c(N)c3c2O)cc1. The van der Waals surface area contributed by atoms with Crippen molar-refractivity contribution in [3.8, 4) is 5.75 Å². The van der Waals surface area contributed by atoms with Gasteiger partial charge in [0.2, 0.25) is 0 Å². The molecule has 0 aromatic heterocycles. The van der Waals surface area contributed by atoms with Gasteiger partial charge in [-0.3, -0.25) is 0 Å². The van der Waals surface area contributed by atoms with Gasteiger partial charge in [0, 0.05) is 14.7 Å². The van der Waals surface area contributed by atoms with E-state index in [0.717, 1.165) is 17.5 Å². The highest BCUT2D eigenvalue weighted by molar-refractivity contribution is 7.98. The van der Waals surface area contributed by atoms with E-state index < -0.39 is 0 Å². The molecule has 0 saturated carbocycles. The van der Waals surface area contributed by atoms with Crippen LogP contribution in [0.4, 0.5) is 22.7 Å². The molecule has 3 rings (SSSR count). The highest BCUT2D eigenvalue weighted by Gasteiger charge is 2.18. The summed E-state index contributed by atoms with van der Waals surface area (Å²) in [5.41, 5.74) is 22.9. The summed E-state index contributed by atoms with van der Waals surface area (Å²) in [7, 11) is 0. The largest absolute Gasteiger partial charge is 0.505 e. The predicted molar refractivity (Wildman–Crippen MR) is 112 cm³/mol. The fourth-order valence-corrected chi connectivity index (χ4v) is 3.28. The minimum atomic E-state index is -0.198. The van der Waals surface area contributed by atoms with Crippen LogP contribution in [-0.2, 0) is 0 Å². The van der Waals surface area contributed by atoms with E-state index >= 15 is 0 Å². The van der Waals surface area contributed by atoms with Gasteiger partial charge in [-0.25, -0.2) is 0 Å². The van der Waals surface area contributed by atoms with E-state index in [0.29, 0.717) is 26.3 Å². The molecule has 0 aliphatic carbocycles. The van der Waals surface area contributed by atoms with Gasteiger partial charge in [-0.15, -0.1) is 17.7 Å². The summed E-state index contributed by atoms with van der Waals surface area (Å²) in [4.78, 5) is 3.63. The number of rotatable bonds is 4. The second-order valence-corrected chi connectivity index (χ2v) is 6.96. The highest BCUT2D eigenvalue weighted by Crippen LogP contribution is 2.48. The third kappa shape index (κ3) is 3.72. The molecule has 136 valence electrons. The monoisotopic (exact) mass is 397 g/mol. The quantitative estimate of drug-likeness (QED) is 0.106. The van der Waals surface area contributed by atoms with Crippen molar-refractivity contribution >= 4 is 58.1 Å². The summed E-state index contributed by atoms with van der Waals surface area (Å²) in [5.74, 6) is -0.198. The van der Waals surface area contributed by atoms with Crippen LogP contribution < -0.4 is 11.5 Å². The smallest absolute Gasteiger partial charge is 0.154 e. The summed E-state index contributed by atoms with van der Waals surface area (Å²) in [5, 5.41) is 20.0. The van der Waals surface area contributed by atoms with Gasteiger partial charge in [0.05, 0.1) is 22.4 Å². The molecule has 0 atom stereocenters. The van der Waals surface area contributed by atoms with Gasteiger partial charge in [-0.1, -0.05) is 17.7 Å². The molecule has 0 aliphatic heterocycles.